The molecule has 1 saturated heterocycles. The smallest absolute Gasteiger partial charge is 0.124 e. The maximum Gasteiger partial charge on any atom is 0.124 e. The Labute approximate surface area is 181 Å². The highest BCUT2D eigenvalue weighted by atomic mass is 15.3. The van der Waals surface area contributed by atoms with Gasteiger partial charge in [-0.15, -0.1) is 0 Å². The summed E-state index contributed by atoms with van der Waals surface area (Å²) in [6.45, 7) is 4.33. The first kappa shape index (κ1) is 19.1. The predicted molar refractivity (Wildman–Crippen MR) is 121 cm³/mol. The Morgan fingerprint density at radius 2 is 1.87 bits per heavy atom. The van der Waals surface area contributed by atoms with Crippen molar-refractivity contribution in [3.05, 3.63) is 78.2 Å². The quantitative estimate of drug-likeness (QED) is 0.528. The molecule has 1 fully saturated rings. The van der Waals surface area contributed by atoms with Crippen LogP contribution in [0.4, 0.5) is 5.82 Å². The molecule has 154 valence electrons. The fourth-order valence-corrected chi connectivity index (χ4v) is 3.93. The molecule has 0 radical (unpaired) electrons. The van der Waals surface area contributed by atoms with Crippen LogP contribution in [0.2, 0.25) is 0 Å². The number of nitrogens with zero attached hydrogens (tertiary/aromatic N) is 5. The van der Waals surface area contributed by atoms with Gasteiger partial charge in [0.25, 0.3) is 0 Å². The maximum absolute atomic E-state index is 9.63. The van der Waals surface area contributed by atoms with Crippen LogP contribution >= 0.6 is 0 Å². The maximum atomic E-state index is 9.63. The molecule has 31 heavy (non-hydrogen) atoms. The van der Waals surface area contributed by atoms with E-state index in [1.165, 1.54) is 5.56 Å². The normalized spacial score (nSPS) is 13.8. The van der Waals surface area contributed by atoms with E-state index < -0.39 is 0 Å². The Balaban J connectivity index is 1.41. The van der Waals surface area contributed by atoms with Gasteiger partial charge in [0.15, 0.2) is 0 Å². The van der Waals surface area contributed by atoms with Gasteiger partial charge >= 0.3 is 0 Å². The highest BCUT2D eigenvalue weighted by Crippen LogP contribution is 2.29. The highest BCUT2D eigenvalue weighted by molar-refractivity contribution is 5.72. The Morgan fingerprint density at radius 1 is 1.03 bits per heavy atom. The van der Waals surface area contributed by atoms with Gasteiger partial charge in [0.05, 0.1) is 24.0 Å². The van der Waals surface area contributed by atoms with Gasteiger partial charge in [-0.25, -0.2) is 0 Å². The summed E-state index contributed by atoms with van der Waals surface area (Å²) < 4.78 is 1.92. The van der Waals surface area contributed by atoms with Gasteiger partial charge in [0.2, 0.25) is 0 Å². The van der Waals surface area contributed by atoms with Crippen molar-refractivity contribution in [3.63, 3.8) is 0 Å². The van der Waals surface area contributed by atoms with Crippen LogP contribution in [0.3, 0.4) is 0 Å². The number of nitriles is 1. The van der Waals surface area contributed by atoms with Crippen molar-refractivity contribution in [1.29, 1.82) is 5.26 Å². The van der Waals surface area contributed by atoms with E-state index in [9.17, 15) is 5.26 Å². The summed E-state index contributed by atoms with van der Waals surface area (Å²) in [5.74, 6) is 0.896. The summed E-state index contributed by atoms with van der Waals surface area (Å²) in [6.07, 6.45) is 5.66. The van der Waals surface area contributed by atoms with Crippen LogP contribution in [0.15, 0.2) is 67.1 Å². The van der Waals surface area contributed by atoms with E-state index >= 15 is 0 Å². The van der Waals surface area contributed by atoms with E-state index in [1.54, 1.807) is 6.20 Å². The van der Waals surface area contributed by atoms with E-state index in [1.807, 2.05) is 53.5 Å². The topological polar surface area (TPSA) is 85.6 Å². The lowest BCUT2D eigenvalue weighted by molar-refractivity contribution is 0.585. The fraction of sp³-hybridized carbons (Fsp3) is 0.208. The molecule has 0 spiro atoms. The van der Waals surface area contributed by atoms with Crippen LogP contribution in [0.25, 0.3) is 22.5 Å². The lowest BCUT2D eigenvalue weighted by Crippen LogP contribution is -2.44. The molecule has 1 aromatic carbocycles. The lowest BCUT2D eigenvalue weighted by atomic mass is 10.1. The number of piperazine rings is 1. The molecule has 7 heteroatoms. The van der Waals surface area contributed by atoms with Gasteiger partial charge in [-0.1, -0.05) is 30.3 Å². The number of benzene rings is 1. The average molecular weight is 409 g/mol. The van der Waals surface area contributed by atoms with Crippen LogP contribution in [0.5, 0.6) is 0 Å². The molecular formula is C24H23N7. The van der Waals surface area contributed by atoms with Crippen molar-refractivity contribution < 1.29 is 0 Å². The van der Waals surface area contributed by atoms with E-state index in [0.29, 0.717) is 5.56 Å². The Kier molecular flexibility index (Phi) is 5.21. The third-order valence-electron chi connectivity index (χ3n) is 5.54. The minimum atomic E-state index is 0.672. The van der Waals surface area contributed by atoms with Gasteiger partial charge in [0.1, 0.15) is 11.9 Å². The molecule has 0 aliphatic carbocycles. The van der Waals surface area contributed by atoms with Gasteiger partial charge in [-0.2, -0.15) is 10.4 Å². The number of aromatic amines is 1. The second-order valence-electron chi connectivity index (χ2n) is 7.64. The molecule has 0 atom stereocenters. The van der Waals surface area contributed by atoms with Gasteiger partial charge < -0.3 is 15.2 Å². The molecule has 7 nitrogen and oxygen atoms in total. The minimum absolute atomic E-state index is 0.672. The largest absolute Gasteiger partial charge is 0.355 e. The number of nitrogens with one attached hydrogen (secondary N) is 2. The zero-order chi connectivity index (χ0) is 21.0. The molecule has 1 aliphatic heterocycles. The van der Waals surface area contributed by atoms with Crippen LogP contribution < -0.4 is 10.2 Å². The standard InChI is InChI=1S/C24H23N7/c25-14-20-13-23(29-24(20)30-10-8-26-9-11-30)19-6-7-27-22(12-19)21-15-28-31(17-21)16-18-4-2-1-3-5-18/h1-7,12-13,15,17,26,29H,8-11,16H2. The van der Waals surface area contributed by atoms with Crippen LogP contribution in [-0.2, 0) is 6.54 Å². The van der Waals surface area contributed by atoms with Crippen LogP contribution in [0, 0.1) is 11.3 Å². The van der Waals surface area contributed by atoms with Crippen molar-refractivity contribution in [2.75, 3.05) is 31.1 Å². The summed E-state index contributed by atoms with van der Waals surface area (Å²) >= 11 is 0. The third-order valence-corrected chi connectivity index (χ3v) is 5.54. The summed E-state index contributed by atoms with van der Waals surface area (Å²) in [4.78, 5) is 10.2. The van der Waals surface area contributed by atoms with E-state index in [4.69, 9.17) is 0 Å². The number of anilines is 1. The summed E-state index contributed by atoms with van der Waals surface area (Å²) in [5.41, 5.74) is 5.62. The third kappa shape index (κ3) is 4.06. The first-order valence-electron chi connectivity index (χ1n) is 10.4. The fourth-order valence-electron chi connectivity index (χ4n) is 3.93. The number of hydrogen-bond donors (Lipinski definition) is 2. The molecule has 0 amide bonds. The predicted octanol–water partition coefficient (Wildman–Crippen LogP) is 3.27. The second-order valence-corrected chi connectivity index (χ2v) is 7.64. The second kappa shape index (κ2) is 8.46. The first-order valence-corrected chi connectivity index (χ1v) is 10.4. The van der Waals surface area contributed by atoms with Gasteiger partial charge in [-0.3, -0.25) is 9.67 Å². The zero-order valence-corrected chi connectivity index (χ0v) is 17.1. The number of pyridine rings is 1. The number of aromatic nitrogens is 4. The van der Waals surface area contributed by atoms with Crippen molar-refractivity contribution in [1.82, 2.24) is 25.1 Å². The zero-order valence-electron chi connectivity index (χ0n) is 17.1. The Hall–Kier alpha value is -3.89. The molecule has 5 rings (SSSR count). The first-order chi connectivity index (χ1) is 15.3. The van der Waals surface area contributed by atoms with Gasteiger partial charge in [0, 0.05) is 55.4 Å². The molecule has 1 aliphatic rings. The summed E-state index contributed by atoms with van der Waals surface area (Å²) in [7, 11) is 0. The molecule has 2 N–H and O–H groups in total. The molecule has 0 bridgehead atoms. The number of hydrogen-bond acceptors (Lipinski definition) is 5. The summed E-state index contributed by atoms with van der Waals surface area (Å²) in [5, 5.41) is 17.5. The molecule has 3 aromatic heterocycles. The molecular weight excluding hydrogens is 386 g/mol. The van der Waals surface area contributed by atoms with E-state index in [0.717, 1.165) is 61.1 Å². The summed E-state index contributed by atoms with van der Waals surface area (Å²) in [6, 6.07) is 18.5. The van der Waals surface area contributed by atoms with Crippen molar-refractivity contribution in [2.45, 2.75) is 6.54 Å². The Bertz CT molecular complexity index is 1210. The molecule has 0 saturated carbocycles. The SMILES string of the molecule is N#Cc1cc(-c2ccnc(-c3cnn(Cc4ccccc4)c3)c2)[nH]c1N1CCNCC1. The average Bonchev–Trinajstić information content (AvgIpc) is 3.48. The molecule has 0 unspecified atom stereocenters. The van der Waals surface area contributed by atoms with Crippen LogP contribution in [-0.4, -0.2) is 45.9 Å². The van der Waals surface area contributed by atoms with Crippen molar-refractivity contribution in [3.8, 4) is 28.6 Å². The van der Waals surface area contributed by atoms with E-state index in [-0.39, 0.29) is 0 Å². The van der Waals surface area contributed by atoms with Crippen molar-refractivity contribution >= 4 is 5.82 Å². The minimum Gasteiger partial charge on any atom is -0.355 e. The number of H-pyrrole nitrogens is 1. The van der Waals surface area contributed by atoms with Crippen LogP contribution in [0.1, 0.15) is 11.1 Å². The Morgan fingerprint density at radius 3 is 2.68 bits per heavy atom. The lowest BCUT2D eigenvalue weighted by Gasteiger charge is -2.28. The van der Waals surface area contributed by atoms with Crippen molar-refractivity contribution in [2.24, 2.45) is 0 Å². The number of rotatable bonds is 5. The molecule has 4 heterocycles. The molecule has 4 aromatic rings. The van der Waals surface area contributed by atoms with Gasteiger partial charge in [-0.05, 0) is 23.8 Å². The van der Waals surface area contributed by atoms with E-state index in [2.05, 4.69) is 43.5 Å². The highest BCUT2D eigenvalue weighted by Gasteiger charge is 2.18. The monoisotopic (exact) mass is 409 g/mol.